The van der Waals surface area contributed by atoms with Gasteiger partial charge in [0.2, 0.25) is 0 Å². The summed E-state index contributed by atoms with van der Waals surface area (Å²) < 4.78 is 5.11. The maximum absolute atomic E-state index is 4.26. The average molecular weight is 248 g/mol. The number of halogens is 1. The summed E-state index contributed by atoms with van der Waals surface area (Å²) in [7, 11) is 0. The molecule has 0 aromatic carbocycles. The SMILES string of the molecule is Brc1nc(CN2CCCC2)ns1. The molecule has 5 heteroatoms. The van der Waals surface area contributed by atoms with Crippen LogP contribution in [0.1, 0.15) is 18.7 Å². The quantitative estimate of drug-likeness (QED) is 0.800. The highest BCUT2D eigenvalue weighted by Gasteiger charge is 2.13. The zero-order chi connectivity index (χ0) is 8.39. The first-order chi connectivity index (χ1) is 5.84. The molecule has 1 aliphatic heterocycles. The van der Waals surface area contributed by atoms with Crippen molar-refractivity contribution in [3.63, 3.8) is 0 Å². The molecular weight excluding hydrogens is 238 g/mol. The van der Waals surface area contributed by atoms with Gasteiger partial charge < -0.3 is 0 Å². The Morgan fingerprint density at radius 2 is 2.17 bits per heavy atom. The topological polar surface area (TPSA) is 29.0 Å². The van der Waals surface area contributed by atoms with Crippen LogP contribution < -0.4 is 0 Å². The van der Waals surface area contributed by atoms with Gasteiger partial charge in [-0.05, 0) is 53.4 Å². The minimum absolute atomic E-state index is 0.886. The highest BCUT2D eigenvalue weighted by molar-refractivity contribution is 9.11. The van der Waals surface area contributed by atoms with Crippen LogP contribution in [0.4, 0.5) is 0 Å². The van der Waals surface area contributed by atoms with E-state index in [-0.39, 0.29) is 0 Å². The van der Waals surface area contributed by atoms with Crippen LogP contribution in [0.3, 0.4) is 0 Å². The molecule has 0 spiro atoms. The predicted molar refractivity (Wildman–Crippen MR) is 52.1 cm³/mol. The van der Waals surface area contributed by atoms with Crippen molar-refractivity contribution in [3.8, 4) is 0 Å². The molecule has 66 valence electrons. The molecule has 0 amide bonds. The van der Waals surface area contributed by atoms with Crippen molar-refractivity contribution in [1.82, 2.24) is 14.3 Å². The third kappa shape index (κ3) is 2.02. The van der Waals surface area contributed by atoms with Gasteiger partial charge in [-0.15, -0.1) is 0 Å². The molecule has 0 radical (unpaired) electrons. The Morgan fingerprint density at radius 1 is 1.42 bits per heavy atom. The maximum atomic E-state index is 4.26. The first-order valence-corrected chi connectivity index (χ1v) is 5.62. The van der Waals surface area contributed by atoms with Crippen molar-refractivity contribution >= 4 is 27.5 Å². The first-order valence-electron chi connectivity index (χ1n) is 4.05. The number of hydrogen-bond donors (Lipinski definition) is 0. The Labute approximate surface area is 84.1 Å². The molecule has 1 aromatic heterocycles. The molecule has 0 bridgehead atoms. The van der Waals surface area contributed by atoms with Gasteiger partial charge >= 0.3 is 0 Å². The van der Waals surface area contributed by atoms with E-state index in [4.69, 9.17) is 0 Å². The van der Waals surface area contributed by atoms with Gasteiger partial charge in [0.25, 0.3) is 0 Å². The smallest absolute Gasteiger partial charge is 0.179 e. The van der Waals surface area contributed by atoms with Crippen LogP contribution in [-0.2, 0) is 6.54 Å². The fourth-order valence-electron chi connectivity index (χ4n) is 1.44. The highest BCUT2D eigenvalue weighted by atomic mass is 79.9. The Bertz CT molecular complexity index is 257. The van der Waals surface area contributed by atoms with E-state index in [9.17, 15) is 0 Å². The van der Waals surface area contributed by atoms with Crippen molar-refractivity contribution in [2.24, 2.45) is 0 Å². The molecule has 0 unspecified atom stereocenters. The standard InChI is InChI=1S/C7H10BrN3S/c8-7-9-6(10-12-7)5-11-3-1-2-4-11/h1-5H2. The van der Waals surface area contributed by atoms with E-state index < -0.39 is 0 Å². The lowest BCUT2D eigenvalue weighted by Crippen LogP contribution is -2.18. The summed E-state index contributed by atoms with van der Waals surface area (Å²) >= 11 is 4.72. The molecule has 1 fully saturated rings. The summed E-state index contributed by atoms with van der Waals surface area (Å²) in [6, 6.07) is 0. The van der Waals surface area contributed by atoms with Gasteiger partial charge in [-0.1, -0.05) is 0 Å². The van der Waals surface area contributed by atoms with Crippen LogP contribution in [0.2, 0.25) is 0 Å². The third-order valence-electron chi connectivity index (χ3n) is 2.01. The van der Waals surface area contributed by atoms with Crippen LogP contribution in [-0.4, -0.2) is 27.3 Å². The maximum Gasteiger partial charge on any atom is 0.179 e. The molecule has 0 saturated carbocycles. The summed E-state index contributed by atoms with van der Waals surface area (Å²) in [4.78, 5) is 6.65. The normalized spacial score (nSPS) is 18.8. The highest BCUT2D eigenvalue weighted by Crippen LogP contribution is 2.15. The van der Waals surface area contributed by atoms with Gasteiger partial charge in [0.1, 0.15) is 0 Å². The minimum Gasteiger partial charge on any atom is -0.296 e. The van der Waals surface area contributed by atoms with E-state index in [0.717, 1.165) is 16.3 Å². The summed E-state index contributed by atoms with van der Waals surface area (Å²) in [5, 5.41) is 0. The average Bonchev–Trinajstić information content (AvgIpc) is 2.63. The lowest BCUT2D eigenvalue weighted by molar-refractivity contribution is 0.324. The molecule has 0 aliphatic carbocycles. The third-order valence-corrected chi connectivity index (χ3v) is 3.16. The summed E-state index contributed by atoms with van der Waals surface area (Å²) in [5.41, 5.74) is 0. The van der Waals surface area contributed by atoms with Crippen LogP contribution in [0.25, 0.3) is 0 Å². The molecule has 12 heavy (non-hydrogen) atoms. The van der Waals surface area contributed by atoms with Crippen LogP contribution >= 0.6 is 27.5 Å². The van der Waals surface area contributed by atoms with Gasteiger partial charge in [-0.3, -0.25) is 4.90 Å². The summed E-state index contributed by atoms with van der Waals surface area (Å²) in [5.74, 6) is 0.953. The number of nitrogens with zero attached hydrogens (tertiary/aromatic N) is 3. The summed E-state index contributed by atoms with van der Waals surface area (Å²) in [6.07, 6.45) is 2.65. The van der Waals surface area contributed by atoms with E-state index >= 15 is 0 Å². The Kier molecular flexibility index (Phi) is 2.73. The van der Waals surface area contributed by atoms with Crippen molar-refractivity contribution in [2.75, 3.05) is 13.1 Å². The van der Waals surface area contributed by atoms with Crippen molar-refractivity contribution in [1.29, 1.82) is 0 Å². The molecule has 0 N–H and O–H groups in total. The van der Waals surface area contributed by atoms with E-state index in [1.165, 1.54) is 37.5 Å². The van der Waals surface area contributed by atoms with Crippen molar-refractivity contribution in [3.05, 3.63) is 9.74 Å². The van der Waals surface area contributed by atoms with Gasteiger partial charge in [0, 0.05) is 0 Å². The molecule has 1 saturated heterocycles. The Hall–Kier alpha value is -0.0000000000000000555. The number of hydrogen-bond acceptors (Lipinski definition) is 4. The van der Waals surface area contributed by atoms with Crippen LogP contribution in [0, 0.1) is 0 Å². The lowest BCUT2D eigenvalue weighted by Gasteiger charge is -2.10. The van der Waals surface area contributed by atoms with E-state index in [1.807, 2.05) is 0 Å². The van der Waals surface area contributed by atoms with Gasteiger partial charge in [0.05, 0.1) is 6.54 Å². The van der Waals surface area contributed by atoms with Crippen molar-refractivity contribution < 1.29 is 0 Å². The Morgan fingerprint density at radius 3 is 2.75 bits per heavy atom. The second-order valence-electron chi connectivity index (χ2n) is 2.95. The fraction of sp³-hybridized carbons (Fsp3) is 0.714. The monoisotopic (exact) mass is 247 g/mol. The minimum atomic E-state index is 0.886. The lowest BCUT2D eigenvalue weighted by atomic mass is 10.4. The number of aromatic nitrogens is 2. The zero-order valence-corrected chi connectivity index (χ0v) is 9.07. The molecule has 0 atom stereocenters. The molecular formula is C7H10BrN3S. The van der Waals surface area contributed by atoms with Gasteiger partial charge in [0.15, 0.2) is 9.74 Å². The van der Waals surface area contributed by atoms with Crippen molar-refractivity contribution in [2.45, 2.75) is 19.4 Å². The van der Waals surface area contributed by atoms with E-state index in [2.05, 4.69) is 30.2 Å². The van der Waals surface area contributed by atoms with Gasteiger partial charge in [-0.2, -0.15) is 4.37 Å². The number of likely N-dealkylation sites (tertiary alicyclic amines) is 1. The second-order valence-corrected chi connectivity index (χ2v) is 4.97. The molecule has 1 aliphatic rings. The fourth-order valence-corrected chi connectivity index (χ4v) is 2.28. The predicted octanol–water partition coefficient (Wildman–Crippen LogP) is 1.90. The van der Waals surface area contributed by atoms with Crippen LogP contribution in [0.15, 0.2) is 3.92 Å². The Balaban J connectivity index is 1.94. The molecule has 2 rings (SSSR count). The second kappa shape index (κ2) is 3.81. The van der Waals surface area contributed by atoms with Crippen LogP contribution in [0.5, 0.6) is 0 Å². The molecule has 3 nitrogen and oxygen atoms in total. The van der Waals surface area contributed by atoms with Gasteiger partial charge in [-0.25, -0.2) is 4.98 Å². The van der Waals surface area contributed by atoms with E-state index in [0.29, 0.717) is 0 Å². The zero-order valence-electron chi connectivity index (χ0n) is 6.66. The number of rotatable bonds is 2. The largest absolute Gasteiger partial charge is 0.296 e. The summed E-state index contributed by atoms with van der Waals surface area (Å²) in [6.45, 7) is 3.33. The molecule has 2 heterocycles. The van der Waals surface area contributed by atoms with E-state index in [1.54, 1.807) is 0 Å². The first kappa shape index (κ1) is 8.59. The molecule has 1 aromatic rings.